The van der Waals surface area contributed by atoms with Crippen LogP contribution in [0.5, 0.6) is 0 Å². The lowest BCUT2D eigenvalue weighted by Crippen LogP contribution is -2.32. The first kappa shape index (κ1) is 14.9. The largest absolute Gasteiger partial charge is 0.348 e. The Morgan fingerprint density at radius 3 is 2.89 bits per heavy atom. The molecule has 1 amide bonds. The summed E-state index contributed by atoms with van der Waals surface area (Å²) >= 11 is 3.55. The second-order valence-corrected chi connectivity index (χ2v) is 7.61. The minimum absolute atomic E-state index is 0.125. The van der Waals surface area contributed by atoms with Crippen LogP contribution in [-0.4, -0.2) is 30.0 Å². The number of nitrogens with one attached hydrogen (secondary N) is 2. The van der Waals surface area contributed by atoms with E-state index in [0.29, 0.717) is 11.0 Å². The molecule has 19 heavy (non-hydrogen) atoms. The molecule has 0 aromatic carbocycles. The van der Waals surface area contributed by atoms with Crippen molar-refractivity contribution in [3.05, 3.63) is 21.9 Å². The molecule has 1 unspecified atom stereocenters. The summed E-state index contributed by atoms with van der Waals surface area (Å²) in [7, 11) is 0. The van der Waals surface area contributed by atoms with E-state index in [2.05, 4.69) is 36.6 Å². The van der Waals surface area contributed by atoms with Crippen LogP contribution in [0.15, 0.2) is 12.1 Å². The number of aryl methyl sites for hydroxylation is 1. The summed E-state index contributed by atoms with van der Waals surface area (Å²) in [6, 6.07) is 4.33. The maximum Gasteiger partial charge on any atom is 0.230 e. The summed E-state index contributed by atoms with van der Waals surface area (Å²) in [6.45, 7) is 6.32. The van der Waals surface area contributed by atoms with Crippen molar-refractivity contribution in [2.24, 2.45) is 0 Å². The molecule has 0 radical (unpaired) electrons. The molecule has 1 fully saturated rings. The predicted octanol–water partition coefficient (Wildman–Crippen LogP) is 2.72. The van der Waals surface area contributed by atoms with Crippen LogP contribution in [0.2, 0.25) is 0 Å². The summed E-state index contributed by atoms with van der Waals surface area (Å²) < 4.78 is 0. The van der Waals surface area contributed by atoms with Gasteiger partial charge in [-0.2, -0.15) is 0 Å². The molecule has 1 aliphatic rings. The van der Waals surface area contributed by atoms with Crippen molar-refractivity contribution < 1.29 is 4.79 Å². The number of hydrogen-bond donors (Lipinski definition) is 2. The van der Waals surface area contributed by atoms with Gasteiger partial charge in [0.15, 0.2) is 0 Å². The normalized spacial score (nSPS) is 18.2. The van der Waals surface area contributed by atoms with Crippen molar-refractivity contribution in [3.63, 3.8) is 0 Å². The Balaban J connectivity index is 1.71. The Kier molecular flexibility index (Phi) is 5.73. The van der Waals surface area contributed by atoms with E-state index in [1.54, 1.807) is 23.1 Å². The summed E-state index contributed by atoms with van der Waals surface area (Å²) in [4.78, 5) is 14.5. The van der Waals surface area contributed by atoms with Crippen molar-refractivity contribution in [3.8, 4) is 0 Å². The fourth-order valence-corrected chi connectivity index (χ4v) is 4.12. The SMILES string of the molecule is Cc1ccc(C(C)NC(=O)CSC2CCNCC2)s1. The van der Waals surface area contributed by atoms with E-state index in [-0.39, 0.29) is 11.9 Å². The van der Waals surface area contributed by atoms with E-state index in [4.69, 9.17) is 0 Å². The lowest BCUT2D eigenvalue weighted by Gasteiger charge is -2.22. The first-order valence-electron chi connectivity index (χ1n) is 6.83. The van der Waals surface area contributed by atoms with Gasteiger partial charge >= 0.3 is 0 Å². The molecule has 106 valence electrons. The molecule has 5 heteroatoms. The molecule has 0 spiro atoms. The van der Waals surface area contributed by atoms with E-state index in [1.807, 2.05) is 0 Å². The highest BCUT2D eigenvalue weighted by atomic mass is 32.2. The van der Waals surface area contributed by atoms with Gasteiger partial charge in [0.1, 0.15) is 0 Å². The fraction of sp³-hybridized carbons (Fsp3) is 0.643. The number of hydrogen-bond acceptors (Lipinski definition) is 4. The molecule has 0 bridgehead atoms. The Morgan fingerprint density at radius 1 is 1.53 bits per heavy atom. The molecule has 1 atom stereocenters. The van der Waals surface area contributed by atoms with E-state index < -0.39 is 0 Å². The van der Waals surface area contributed by atoms with Crippen molar-refractivity contribution in [1.82, 2.24) is 10.6 Å². The van der Waals surface area contributed by atoms with Gasteiger partial charge in [0.05, 0.1) is 11.8 Å². The summed E-state index contributed by atoms with van der Waals surface area (Å²) in [5.74, 6) is 0.737. The topological polar surface area (TPSA) is 41.1 Å². The third-order valence-electron chi connectivity index (χ3n) is 3.30. The molecule has 2 heterocycles. The third kappa shape index (κ3) is 4.82. The Hall–Kier alpha value is -0.520. The molecular formula is C14H22N2OS2. The van der Waals surface area contributed by atoms with Crippen LogP contribution < -0.4 is 10.6 Å². The van der Waals surface area contributed by atoms with E-state index >= 15 is 0 Å². The van der Waals surface area contributed by atoms with Crippen LogP contribution in [0.3, 0.4) is 0 Å². The third-order valence-corrected chi connectivity index (χ3v) is 5.86. The molecule has 2 rings (SSSR count). The van der Waals surface area contributed by atoms with Gasteiger partial charge in [-0.05, 0) is 51.9 Å². The van der Waals surface area contributed by atoms with Crippen LogP contribution in [0, 0.1) is 6.92 Å². The van der Waals surface area contributed by atoms with Gasteiger partial charge in [-0.15, -0.1) is 23.1 Å². The molecule has 1 aromatic rings. The number of rotatable bonds is 5. The molecule has 1 aromatic heterocycles. The molecule has 1 saturated heterocycles. The average Bonchev–Trinajstić information content (AvgIpc) is 2.84. The second kappa shape index (κ2) is 7.31. The summed E-state index contributed by atoms with van der Waals surface area (Å²) in [6.07, 6.45) is 2.36. The van der Waals surface area contributed by atoms with Crippen LogP contribution in [0.25, 0.3) is 0 Å². The highest BCUT2D eigenvalue weighted by Crippen LogP contribution is 2.23. The summed E-state index contributed by atoms with van der Waals surface area (Å²) in [5, 5.41) is 7.07. The zero-order valence-electron chi connectivity index (χ0n) is 11.6. The van der Waals surface area contributed by atoms with Gasteiger partial charge in [-0.1, -0.05) is 0 Å². The first-order chi connectivity index (χ1) is 9.15. The van der Waals surface area contributed by atoms with Gasteiger partial charge in [-0.3, -0.25) is 4.79 Å². The molecule has 0 aliphatic carbocycles. The van der Waals surface area contributed by atoms with Gasteiger partial charge < -0.3 is 10.6 Å². The Morgan fingerprint density at radius 2 is 2.26 bits per heavy atom. The fourth-order valence-electron chi connectivity index (χ4n) is 2.20. The van der Waals surface area contributed by atoms with Crippen LogP contribution in [0.4, 0.5) is 0 Å². The number of carbonyl (C=O) groups excluding carboxylic acids is 1. The predicted molar refractivity (Wildman–Crippen MR) is 84.0 cm³/mol. The number of thioether (sulfide) groups is 1. The first-order valence-corrected chi connectivity index (χ1v) is 8.69. The van der Waals surface area contributed by atoms with Gasteiger partial charge in [-0.25, -0.2) is 0 Å². The van der Waals surface area contributed by atoms with Crippen molar-refractivity contribution in [2.75, 3.05) is 18.8 Å². The molecular weight excluding hydrogens is 276 g/mol. The van der Waals surface area contributed by atoms with E-state index in [0.717, 1.165) is 13.1 Å². The quantitative estimate of drug-likeness (QED) is 0.878. The average molecular weight is 298 g/mol. The number of carbonyl (C=O) groups is 1. The summed E-state index contributed by atoms with van der Waals surface area (Å²) in [5.41, 5.74) is 0. The van der Waals surface area contributed by atoms with Gasteiger partial charge in [0, 0.05) is 15.0 Å². The van der Waals surface area contributed by atoms with Crippen LogP contribution in [-0.2, 0) is 4.79 Å². The second-order valence-electron chi connectivity index (χ2n) is 5.00. The Bertz CT molecular complexity index is 413. The van der Waals surface area contributed by atoms with Crippen molar-refractivity contribution in [2.45, 2.75) is 38.0 Å². The molecule has 3 nitrogen and oxygen atoms in total. The number of thiophene rings is 1. The zero-order valence-corrected chi connectivity index (χ0v) is 13.2. The van der Waals surface area contributed by atoms with Crippen LogP contribution in [0.1, 0.15) is 35.6 Å². The van der Waals surface area contributed by atoms with E-state index in [9.17, 15) is 4.79 Å². The lowest BCUT2D eigenvalue weighted by molar-refractivity contribution is -0.119. The van der Waals surface area contributed by atoms with Gasteiger partial charge in [0.25, 0.3) is 0 Å². The van der Waals surface area contributed by atoms with Crippen LogP contribution >= 0.6 is 23.1 Å². The maximum atomic E-state index is 11.9. The van der Waals surface area contributed by atoms with Crippen molar-refractivity contribution >= 4 is 29.0 Å². The number of amides is 1. The maximum absolute atomic E-state index is 11.9. The monoisotopic (exact) mass is 298 g/mol. The molecule has 2 N–H and O–H groups in total. The molecule has 1 aliphatic heterocycles. The minimum Gasteiger partial charge on any atom is -0.348 e. The van der Waals surface area contributed by atoms with Crippen molar-refractivity contribution in [1.29, 1.82) is 0 Å². The standard InChI is InChI=1S/C14H22N2OS2/c1-10-3-4-13(19-10)11(2)16-14(17)9-18-12-5-7-15-8-6-12/h3-4,11-12,15H,5-9H2,1-2H3,(H,16,17). The van der Waals surface area contributed by atoms with Gasteiger partial charge in [0.2, 0.25) is 5.91 Å². The highest BCUT2D eigenvalue weighted by Gasteiger charge is 2.16. The minimum atomic E-state index is 0.125. The smallest absolute Gasteiger partial charge is 0.230 e. The zero-order chi connectivity index (χ0) is 13.7. The Labute approximate surface area is 123 Å². The lowest BCUT2D eigenvalue weighted by atomic mass is 10.2. The number of piperidine rings is 1. The van der Waals surface area contributed by atoms with E-state index in [1.165, 1.54) is 22.6 Å². The highest BCUT2D eigenvalue weighted by molar-refractivity contribution is 8.00. The molecule has 0 saturated carbocycles.